The van der Waals surface area contributed by atoms with Crippen molar-refractivity contribution < 1.29 is 14.3 Å². The molecule has 0 aliphatic carbocycles. The van der Waals surface area contributed by atoms with E-state index in [0.717, 1.165) is 33.3 Å². The van der Waals surface area contributed by atoms with E-state index >= 15 is 0 Å². The van der Waals surface area contributed by atoms with Gasteiger partial charge in [-0.2, -0.15) is 0 Å². The molecule has 1 aromatic heterocycles. The molecule has 0 unspecified atom stereocenters. The van der Waals surface area contributed by atoms with Crippen LogP contribution in [0.25, 0.3) is 10.6 Å². The van der Waals surface area contributed by atoms with Crippen molar-refractivity contribution in [3.05, 3.63) is 64.7 Å². The van der Waals surface area contributed by atoms with Crippen LogP contribution in [0.5, 0.6) is 11.5 Å². The van der Waals surface area contributed by atoms with Crippen LogP contribution in [-0.4, -0.2) is 31.7 Å². The Bertz CT molecular complexity index is 937. The molecule has 1 N–H and O–H groups in total. The fourth-order valence-electron chi connectivity index (χ4n) is 2.75. The highest BCUT2D eigenvalue weighted by Crippen LogP contribution is 2.25. The first-order valence-electron chi connectivity index (χ1n) is 8.62. The van der Waals surface area contributed by atoms with E-state index in [2.05, 4.69) is 10.3 Å². The van der Waals surface area contributed by atoms with Gasteiger partial charge in [0, 0.05) is 34.8 Å². The van der Waals surface area contributed by atoms with E-state index in [1.165, 1.54) is 0 Å². The molecule has 0 saturated carbocycles. The summed E-state index contributed by atoms with van der Waals surface area (Å²) in [7, 11) is 3.25. The number of hydrogen-bond acceptors (Lipinski definition) is 5. The number of carbonyl (C=O) groups is 1. The van der Waals surface area contributed by atoms with Crippen LogP contribution < -0.4 is 14.8 Å². The maximum Gasteiger partial charge on any atom is 0.251 e. The maximum atomic E-state index is 12.5. The smallest absolute Gasteiger partial charge is 0.251 e. The lowest BCUT2D eigenvalue weighted by Gasteiger charge is -2.11. The summed E-state index contributed by atoms with van der Waals surface area (Å²) in [5, 5.41) is 5.89. The van der Waals surface area contributed by atoms with Gasteiger partial charge in [0.2, 0.25) is 0 Å². The summed E-state index contributed by atoms with van der Waals surface area (Å²) in [6.07, 6.45) is 0.671. The Balaban J connectivity index is 1.63. The Hall–Kier alpha value is -2.86. The normalized spacial score (nSPS) is 10.5. The van der Waals surface area contributed by atoms with Gasteiger partial charge in [-0.3, -0.25) is 4.79 Å². The third-order valence-corrected chi connectivity index (χ3v) is 5.17. The van der Waals surface area contributed by atoms with Crippen molar-refractivity contribution in [1.82, 2.24) is 10.3 Å². The van der Waals surface area contributed by atoms with Crippen LogP contribution in [0.15, 0.2) is 47.8 Å². The highest BCUT2D eigenvalue weighted by atomic mass is 32.1. The highest BCUT2D eigenvalue weighted by Gasteiger charge is 2.10. The molecular weight excluding hydrogens is 360 g/mol. The van der Waals surface area contributed by atoms with Crippen molar-refractivity contribution >= 4 is 17.2 Å². The van der Waals surface area contributed by atoms with E-state index in [9.17, 15) is 4.79 Å². The predicted molar refractivity (Wildman–Crippen MR) is 108 cm³/mol. The standard InChI is InChI=1S/C21H22N2O3S/c1-14-13-27-21(23-14)17-6-4-5-16(11-17)20(24)22-10-9-15-7-8-18(25-2)12-19(15)26-3/h4-8,11-13H,9-10H2,1-3H3,(H,22,24). The Kier molecular flexibility index (Phi) is 6.08. The number of thiazole rings is 1. The minimum Gasteiger partial charge on any atom is -0.497 e. The van der Waals surface area contributed by atoms with Gasteiger partial charge in [0.15, 0.2) is 0 Å². The largest absolute Gasteiger partial charge is 0.497 e. The summed E-state index contributed by atoms with van der Waals surface area (Å²) < 4.78 is 10.6. The van der Waals surface area contributed by atoms with Crippen molar-refractivity contribution in [2.45, 2.75) is 13.3 Å². The van der Waals surface area contributed by atoms with Gasteiger partial charge in [-0.15, -0.1) is 11.3 Å². The van der Waals surface area contributed by atoms with Crippen LogP contribution in [0.4, 0.5) is 0 Å². The first-order valence-corrected chi connectivity index (χ1v) is 9.50. The molecule has 0 aliphatic heterocycles. The van der Waals surface area contributed by atoms with Crippen molar-refractivity contribution in [2.24, 2.45) is 0 Å². The number of methoxy groups -OCH3 is 2. The van der Waals surface area contributed by atoms with Crippen molar-refractivity contribution in [3.8, 4) is 22.1 Å². The first kappa shape index (κ1) is 18.9. The van der Waals surface area contributed by atoms with Crippen molar-refractivity contribution in [2.75, 3.05) is 20.8 Å². The lowest BCUT2D eigenvalue weighted by atomic mass is 10.1. The number of nitrogens with one attached hydrogen (secondary N) is 1. The average Bonchev–Trinajstić information content (AvgIpc) is 3.14. The monoisotopic (exact) mass is 382 g/mol. The maximum absolute atomic E-state index is 12.5. The second-order valence-corrected chi connectivity index (χ2v) is 6.92. The van der Waals surface area contributed by atoms with E-state index in [4.69, 9.17) is 9.47 Å². The third-order valence-electron chi connectivity index (χ3n) is 4.16. The fourth-order valence-corrected chi connectivity index (χ4v) is 3.55. The minimum absolute atomic E-state index is 0.0994. The molecule has 0 fully saturated rings. The quantitative estimate of drug-likeness (QED) is 0.668. The molecule has 5 nitrogen and oxygen atoms in total. The number of aryl methyl sites for hydroxylation is 1. The minimum atomic E-state index is -0.0994. The number of nitrogens with zero attached hydrogens (tertiary/aromatic N) is 1. The zero-order chi connectivity index (χ0) is 19.2. The number of carbonyl (C=O) groups excluding carboxylic acids is 1. The van der Waals surface area contributed by atoms with E-state index in [1.54, 1.807) is 25.6 Å². The van der Waals surface area contributed by atoms with Crippen LogP contribution in [0.2, 0.25) is 0 Å². The van der Waals surface area contributed by atoms with Gasteiger partial charge in [0.05, 0.1) is 14.2 Å². The lowest BCUT2D eigenvalue weighted by molar-refractivity contribution is 0.0954. The lowest BCUT2D eigenvalue weighted by Crippen LogP contribution is -2.25. The first-order chi connectivity index (χ1) is 13.1. The Labute approximate surface area is 163 Å². The molecule has 1 amide bonds. The van der Waals surface area contributed by atoms with Crippen molar-refractivity contribution in [1.29, 1.82) is 0 Å². The van der Waals surface area contributed by atoms with Gasteiger partial charge in [-0.05, 0) is 37.1 Å². The van der Waals surface area contributed by atoms with E-state index in [-0.39, 0.29) is 5.91 Å². The van der Waals surface area contributed by atoms with Crippen LogP contribution in [0, 0.1) is 6.92 Å². The molecule has 0 aliphatic rings. The molecule has 0 spiro atoms. The zero-order valence-corrected chi connectivity index (χ0v) is 16.4. The number of rotatable bonds is 7. The molecular formula is C21H22N2O3S. The number of aromatic nitrogens is 1. The van der Waals surface area contributed by atoms with E-state index in [0.29, 0.717) is 18.5 Å². The molecule has 6 heteroatoms. The molecule has 0 atom stereocenters. The molecule has 1 heterocycles. The van der Waals surface area contributed by atoms with E-state index < -0.39 is 0 Å². The van der Waals surface area contributed by atoms with Crippen LogP contribution in [0.3, 0.4) is 0 Å². The average molecular weight is 382 g/mol. The van der Waals surface area contributed by atoms with Gasteiger partial charge in [-0.25, -0.2) is 4.98 Å². The molecule has 2 aromatic carbocycles. The fraction of sp³-hybridized carbons (Fsp3) is 0.238. The Morgan fingerprint density at radius 3 is 2.70 bits per heavy atom. The van der Waals surface area contributed by atoms with Crippen LogP contribution in [-0.2, 0) is 6.42 Å². The Morgan fingerprint density at radius 1 is 1.15 bits per heavy atom. The summed E-state index contributed by atoms with van der Waals surface area (Å²) in [6.45, 7) is 2.48. The summed E-state index contributed by atoms with van der Waals surface area (Å²) in [6, 6.07) is 13.2. The molecule has 0 bridgehead atoms. The van der Waals surface area contributed by atoms with Crippen LogP contribution in [0.1, 0.15) is 21.6 Å². The van der Waals surface area contributed by atoms with Gasteiger partial charge < -0.3 is 14.8 Å². The molecule has 27 heavy (non-hydrogen) atoms. The van der Waals surface area contributed by atoms with Crippen LogP contribution >= 0.6 is 11.3 Å². The number of benzene rings is 2. The number of ether oxygens (including phenoxy) is 2. The predicted octanol–water partition coefficient (Wildman–Crippen LogP) is 4.11. The molecule has 0 saturated heterocycles. The highest BCUT2D eigenvalue weighted by molar-refractivity contribution is 7.13. The Morgan fingerprint density at radius 2 is 2.00 bits per heavy atom. The summed E-state index contributed by atoms with van der Waals surface area (Å²) in [5.74, 6) is 1.40. The topological polar surface area (TPSA) is 60.5 Å². The molecule has 140 valence electrons. The van der Waals surface area contributed by atoms with Gasteiger partial charge in [0.25, 0.3) is 5.91 Å². The molecule has 3 aromatic rings. The second kappa shape index (κ2) is 8.68. The second-order valence-electron chi connectivity index (χ2n) is 6.06. The van der Waals surface area contributed by atoms with Gasteiger partial charge >= 0.3 is 0 Å². The van der Waals surface area contributed by atoms with Gasteiger partial charge in [-0.1, -0.05) is 18.2 Å². The summed E-state index contributed by atoms with van der Waals surface area (Å²) in [5.41, 5.74) is 3.59. The zero-order valence-electron chi connectivity index (χ0n) is 15.6. The number of amides is 1. The number of hydrogen-bond donors (Lipinski definition) is 1. The third kappa shape index (κ3) is 4.65. The van der Waals surface area contributed by atoms with Crippen molar-refractivity contribution in [3.63, 3.8) is 0 Å². The molecule has 3 rings (SSSR count). The van der Waals surface area contributed by atoms with Gasteiger partial charge in [0.1, 0.15) is 16.5 Å². The SMILES string of the molecule is COc1ccc(CCNC(=O)c2cccc(-c3nc(C)cs3)c2)c(OC)c1. The van der Waals surface area contributed by atoms with E-state index in [1.807, 2.05) is 54.8 Å². The molecule has 0 radical (unpaired) electrons. The summed E-state index contributed by atoms with van der Waals surface area (Å²) >= 11 is 1.58. The summed E-state index contributed by atoms with van der Waals surface area (Å²) in [4.78, 5) is 17.0.